The SMILES string of the molecule is C[C@H](NC(=O)/C=C/c1ccccc1)c1cccc(-c2ccc(F)nc2)c1. The lowest BCUT2D eigenvalue weighted by Gasteiger charge is -2.14. The molecule has 1 heterocycles. The van der Waals surface area contributed by atoms with Crippen LogP contribution >= 0.6 is 0 Å². The zero-order valence-electron chi connectivity index (χ0n) is 14.4. The number of carbonyl (C=O) groups is 1. The number of aromatic nitrogens is 1. The summed E-state index contributed by atoms with van der Waals surface area (Å²) in [5.74, 6) is -0.661. The summed E-state index contributed by atoms with van der Waals surface area (Å²) >= 11 is 0. The highest BCUT2D eigenvalue weighted by molar-refractivity contribution is 5.92. The lowest BCUT2D eigenvalue weighted by atomic mass is 10.0. The van der Waals surface area contributed by atoms with Crippen molar-refractivity contribution in [2.45, 2.75) is 13.0 Å². The number of pyridine rings is 1. The van der Waals surface area contributed by atoms with Crippen molar-refractivity contribution in [1.82, 2.24) is 10.3 Å². The molecule has 0 unspecified atom stereocenters. The molecule has 0 radical (unpaired) electrons. The minimum atomic E-state index is -0.504. The molecule has 0 bridgehead atoms. The molecule has 3 aromatic rings. The minimum Gasteiger partial charge on any atom is -0.346 e. The molecule has 4 heteroatoms. The number of hydrogen-bond donors (Lipinski definition) is 1. The van der Waals surface area contributed by atoms with Crippen LogP contribution in [0.2, 0.25) is 0 Å². The van der Waals surface area contributed by atoms with Gasteiger partial charge in [-0.1, -0.05) is 48.5 Å². The van der Waals surface area contributed by atoms with E-state index in [-0.39, 0.29) is 11.9 Å². The second-order valence-corrected chi connectivity index (χ2v) is 5.97. The number of benzene rings is 2. The van der Waals surface area contributed by atoms with Gasteiger partial charge in [-0.3, -0.25) is 4.79 Å². The number of amides is 1. The highest BCUT2D eigenvalue weighted by Gasteiger charge is 2.09. The van der Waals surface area contributed by atoms with Crippen LogP contribution in [0.5, 0.6) is 0 Å². The number of halogens is 1. The lowest BCUT2D eigenvalue weighted by molar-refractivity contribution is -0.117. The molecule has 26 heavy (non-hydrogen) atoms. The second kappa shape index (κ2) is 8.21. The van der Waals surface area contributed by atoms with E-state index in [4.69, 9.17) is 0 Å². The Morgan fingerprint density at radius 2 is 1.85 bits per heavy atom. The summed E-state index contributed by atoms with van der Waals surface area (Å²) < 4.78 is 13.0. The van der Waals surface area contributed by atoms with Gasteiger partial charge in [-0.2, -0.15) is 4.39 Å². The van der Waals surface area contributed by atoms with Crippen LogP contribution in [-0.2, 0) is 4.79 Å². The largest absolute Gasteiger partial charge is 0.346 e. The molecule has 1 aromatic heterocycles. The first kappa shape index (κ1) is 17.5. The molecule has 130 valence electrons. The summed E-state index contributed by atoms with van der Waals surface area (Å²) in [5.41, 5.74) is 3.70. The van der Waals surface area contributed by atoms with Crippen molar-refractivity contribution < 1.29 is 9.18 Å². The monoisotopic (exact) mass is 346 g/mol. The third-order valence-electron chi connectivity index (χ3n) is 4.03. The summed E-state index contributed by atoms with van der Waals surface area (Å²) in [7, 11) is 0. The maximum Gasteiger partial charge on any atom is 0.244 e. The fraction of sp³-hybridized carbons (Fsp3) is 0.0909. The van der Waals surface area contributed by atoms with Crippen molar-refractivity contribution in [3.63, 3.8) is 0 Å². The van der Waals surface area contributed by atoms with Gasteiger partial charge in [-0.25, -0.2) is 4.98 Å². The summed E-state index contributed by atoms with van der Waals surface area (Å²) in [4.78, 5) is 15.8. The predicted molar refractivity (Wildman–Crippen MR) is 102 cm³/mol. The minimum absolute atomic E-state index is 0.156. The van der Waals surface area contributed by atoms with E-state index in [0.29, 0.717) is 0 Å². The summed E-state index contributed by atoms with van der Waals surface area (Å²) in [6, 6.07) is 20.3. The van der Waals surface area contributed by atoms with Crippen LogP contribution in [0.1, 0.15) is 24.1 Å². The summed E-state index contributed by atoms with van der Waals surface area (Å²) in [6.07, 6.45) is 4.81. The molecule has 2 aromatic carbocycles. The maximum atomic E-state index is 13.0. The number of carbonyl (C=O) groups excluding carboxylic acids is 1. The number of nitrogens with zero attached hydrogens (tertiary/aromatic N) is 1. The van der Waals surface area contributed by atoms with Gasteiger partial charge < -0.3 is 5.32 Å². The van der Waals surface area contributed by atoms with E-state index >= 15 is 0 Å². The quantitative estimate of drug-likeness (QED) is 0.534. The van der Waals surface area contributed by atoms with Gasteiger partial charge in [0.15, 0.2) is 0 Å². The molecule has 0 aliphatic heterocycles. The van der Waals surface area contributed by atoms with Crippen LogP contribution in [0.25, 0.3) is 17.2 Å². The van der Waals surface area contributed by atoms with E-state index in [1.807, 2.05) is 61.5 Å². The van der Waals surface area contributed by atoms with Crippen molar-refractivity contribution in [2.24, 2.45) is 0 Å². The molecule has 0 saturated heterocycles. The van der Waals surface area contributed by atoms with Gasteiger partial charge in [-0.15, -0.1) is 0 Å². The fourth-order valence-electron chi connectivity index (χ4n) is 2.62. The van der Waals surface area contributed by atoms with E-state index in [2.05, 4.69) is 10.3 Å². The highest BCUT2D eigenvalue weighted by atomic mass is 19.1. The molecule has 0 aliphatic carbocycles. The van der Waals surface area contributed by atoms with Crippen molar-refractivity contribution in [3.05, 3.63) is 96.1 Å². The Balaban J connectivity index is 1.69. The van der Waals surface area contributed by atoms with Crippen LogP contribution in [0.15, 0.2) is 79.0 Å². The third kappa shape index (κ3) is 4.63. The molecule has 0 aliphatic rings. The van der Waals surface area contributed by atoms with Gasteiger partial charge in [0.05, 0.1) is 6.04 Å². The molecule has 0 saturated carbocycles. The maximum absolute atomic E-state index is 13.0. The van der Waals surface area contributed by atoms with Crippen molar-refractivity contribution in [1.29, 1.82) is 0 Å². The average Bonchev–Trinajstić information content (AvgIpc) is 2.68. The Morgan fingerprint density at radius 3 is 2.58 bits per heavy atom. The zero-order valence-corrected chi connectivity index (χ0v) is 14.4. The molecule has 1 atom stereocenters. The fourth-order valence-corrected chi connectivity index (χ4v) is 2.62. The number of hydrogen-bond acceptors (Lipinski definition) is 2. The van der Waals surface area contributed by atoms with E-state index in [0.717, 1.165) is 22.3 Å². The topological polar surface area (TPSA) is 42.0 Å². The Morgan fingerprint density at radius 1 is 1.04 bits per heavy atom. The van der Waals surface area contributed by atoms with E-state index in [9.17, 15) is 9.18 Å². The molecule has 1 amide bonds. The van der Waals surface area contributed by atoms with Crippen LogP contribution in [0, 0.1) is 5.95 Å². The van der Waals surface area contributed by atoms with Crippen molar-refractivity contribution in [3.8, 4) is 11.1 Å². The molecule has 0 spiro atoms. The van der Waals surface area contributed by atoms with Gasteiger partial charge in [-0.05, 0) is 47.9 Å². The van der Waals surface area contributed by atoms with E-state index < -0.39 is 5.95 Å². The Kier molecular flexibility index (Phi) is 5.54. The van der Waals surface area contributed by atoms with Crippen molar-refractivity contribution in [2.75, 3.05) is 0 Å². The van der Waals surface area contributed by atoms with Crippen LogP contribution in [-0.4, -0.2) is 10.9 Å². The Bertz CT molecular complexity index is 905. The molecular weight excluding hydrogens is 327 g/mol. The van der Waals surface area contributed by atoms with Gasteiger partial charge in [0.2, 0.25) is 11.9 Å². The van der Waals surface area contributed by atoms with Gasteiger partial charge in [0.25, 0.3) is 0 Å². The average molecular weight is 346 g/mol. The molecular formula is C22H19FN2O. The first-order valence-corrected chi connectivity index (χ1v) is 8.37. The second-order valence-electron chi connectivity index (χ2n) is 5.97. The normalized spacial score (nSPS) is 12.1. The first-order chi connectivity index (χ1) is 12.6. The third-order valence-corrected chi connectivity index (χ3v) is 4.03. The Labute approximate surface area is 152 Å². The van der Waals surface area contributed by atoms with Gasteiger partial charge in [0, 0.05) is 17.8 Å². The first-order valence-electron chi connectivity index (χ1n) is 8.37. The summed E-state index contributed by atoms with van der Waals surface area (Å²) in [6.45, 7) is 1.93. The van der Waals surface area contributed by atoms with Gasteiger partial charge in [0.1, 0.15) is 0 Å². The molecule has 3 rings (SSSR count). The number of nitrogens with one attached hydrogen (secondary N) is 1. The van der Waals surface area contributed by atoms with Crippen molar-refractivity contribution >= 4 is 12.0 Å². The van der Waals surface area contributed by atoms with Crippen LogP contribution in [0.4, 0.5) is 4.39 Å². The Hall–Kier alpha value is -3.27. The molecule has 3 nitrogen and oxygen atoms in total. The van der Waals surface area contributed by atoms with Crippen LogP contribution in [0.3, 0.4) is 0 Å². The standard InChI is InChI=1S/C22H19FN2O/c1-16(25-22(26)13-10-17-6-3-2-4-7-17)18-8-5-9-19(14-18)20-11-12-21(23)24-15-20/h2-16H,1H3,(H,25,26)/b13-10+/t16-/m0/s1. The number of rotatable bonds is 5. The lowest BCUT2D eigenvalue weighted by Crippen LogP contribution is -2.24. The van der Waals surface area contributed by atoms with E-state index in [1.54, 1.807) is 12.1 Å². The van der Waals surface area contributed by atoms with Gasteiger partial charge >= 0.3 is 0 Å². The molecule has 1 N–H and O–H groups in total. The van der Waals surface area contributed by atoms with E-state index in [1.165, 1.54) is 18.3 Å². The highest BCUT2D eigenvalue weighted by Crippen LogP contribution is 2.22. The smallest absolute Gasteiger partial charge is 0.244 e. The zero-order chi connectivity index (χ0) is 18.4. The predicted octanol–water partition coefficient (Wildman–Crippen LogP) is 4.78. The summed E-state index contributed by atoms with van der Waals surface area (Å²) in [5, 5.41) is 2.95. The van der Waals surface area contributed by atoms with Crippen LogP contribution < -0.4 is 5.32 Å². The molecule has 0 fully saturated rings.